The first kappa shape index (κ1) is 49.6. The molecular formula is C36H56F5N5O10. The second-order valence-electron chi connectivity index (χ2n) is 14.7. The molecule has 0 aromatic carbocycles. The second kappa shape index (κ2) is 23.0. The van der Waals surface area contributed by atoms with Crippen LogP contribution in [0.3, 0.4) is 0 Å². The Morgan fingerprint density at radius 3 is 1.64 bits per heavy atom. The third-order valence-electron chi connectivity index (χ3n) is 9.63. The van der Waals surface area contributed by atoms with Crippen LogP contribution in [0.5, 0.6) is 0 Å². The number of hydrogen-bond acceptors (Lipinski definition) is 8. The fraction of sp³-hybridized carbons (Fsp3) is 0.778. The number of nitrogens with one attached hydrogen (secondary N) is 5. The lowest BCUT2D eigenvalue weighted by molar-refractivity contribution is -0.269. The van der Waals surface area contributed by atoms with Crippen molar-refractivity contribution in [2.45, 2.75) is 160 Å². The molecule has 1 unspecified atom stereocenters. The predicted octanol–water partition coefficient (Wildman–Crippen LogP) is 3.38. The number of carboxylic acid groups (broad SMARTS) is 2. The molecule has 0 saturated heterocycles. The Morgan fingerprint density at radius 2 is 1.14 bits per heavy atom. The van der Waals surface area contributed by atoms with E-state index >= 15 is 0 Å². The maximum absolute atomic E-state index is 14.0. The summed E-state index contributed by atoms with van der Waals surface area (Å²) in [6.45, 7) is 7.85. The van der Waals surface area contributed by atoms with Crippen LogP contribution in [0.2, 0.25) is 0 Å². The van der Waals surface area contributed by atoms with Crippen molar-refractivity contribution in [3.63, 3.8) is 0 Å². The zero-order valence-corrected chi connectivity index (χ0v) is 32.4. The molecule has 1 aliphatic rings. The highest BCUT2D eigenvalue weighted by atomic mass is 19.4. The number of hydrogen-bond donors (Lipinski definition) is 7. The number of aliphatic carboxylic acids is 2. The topological polar surface area (TPSA) is 237 Å². The molecule has 0 spiro atoms. The Bertz CT molecular complexity index is 1390. The van der Waals surface area contributed by atoms with Gasteiger partial charge in [0.15, 0.2) is 0 Å². The lowest BCUT2D eigenvalue weighted by Gasteiger charge is -2.31. The molecule has 7 N–H and O–H groups in total. The molecule has 0 aromatic heterocycles. The van der Waals surface area contributed by atoms with Gasteiger partial charge in [0.25, 0.3) is 0 Å². The van der Waals surface area contributed by atoms with Crippen LogP contribution in [-0.4, -0.2) is 99.8 Å². The molecule has 15 nitrogen and oxygen atoms in total. The van der Waals surface area contributed by atoms with E-state index in [9.17, 15) is 60.3 Å². The predicted molar refractivity (Wildman–Crippen MR) is 190 cm³/mol. The van der Waals surface area contributed by atoms with Crippen molar-refractivity contribution in [3.8, 4) is 0 Å². The van der Waals surface area contributed by atoms with Crippen LogP contribution < -0.4 is 26.6 Å². The zero-order valence-electron chi connectivity index (χ0n) is 32.4. The van der Waals surface area contributed by atoms with Gasteiger partial charge in [-0.3, -0.25) is 38.4 Å². The molecule has 56 heavy (non-hydrogen) atoms. The molecule has 6 atom stereocenters. The summed E-state index contributed by atoms with van der Waals surface area (Å²) in [5, 5.41) is 29.9. The number of amides is 5. The summed E-state index contributed by atoms with van der Waals surface area (Å²) in [7, 11) is 0. The smallest absolute Gasteiger partial charge is 0.461 e. The van der Waals surface area contributed by atoms with Crippen LogP contribution in [0, 0.1) is 17.8 Å². The Hall–Kier alpha value is -4.39. The van der Waals surface area contributed by atoms with Gasteiger partial charge < -0.3 is 36.8 Å². The van der Waals surface area contributed by atoms with Gasteiger partial charge in [0.1, 0.15) is 24.2 Å². The SMILES string of the molecule is CCC(NC(=O)[C@H](CC1CCCCC1)NC(=O)[C@@H](NC(=O)[C@H](CC(C)C)NC(=O)[C@@H](CCC(=O)O)NC(=O)CCC(=O)O)[C@@H](C)CC)C(=O)C(F)(F)C(F)(F)F. The van der Waals surface area contributed by atoms with Crippen molar-refractivity contribution in [1.82, 2.24) is 26.6 Å². The van der Waals surface area contributed by atoms with E-state index in [0.717, 1.165) is 26.2 Å². The quantitative estimate of drug-likeness (QED) is 0.0702. The summed E-state index contributed by atoms with van der Waals surface area (Å²) < 4.78 is 67.0. The number of ketones is 1. The summed E-state index contributed by atoms with van der Waals surface area (Å²) >= 11 is 0. The Kier molecular flexibility index (Phi) is 20.4. The maximum atomic E-state index is 14.0. The average Bonchev–Trinajstić information content (AvgIpc) is 3.11. The normalized spacial score (nSPS) is 17.0. The summed E-state index contributed by atoms with van der Waals surface area (Å²) in [6.07, 6.45) is -4.86. The third-order valence-corrected chi connectivity index (χ3v) is 9.63. The standard InChI is InChI=1S/C36H56F5N5O10/c1-6-20(5)29(46-33(55)24(17-19(3)4)44-31(53)23(13-15-27(48)49)42-26(47)14-16-28(50)51)34(56)45-25(18-21-11-9-8-10-12-21)32(54)43-22(7-2)30(52)35(37,38)36(39,40)41/h19-25,29H,6-18H2,1-5H3,(H,42,47)(H,43,54)(H,44,53)(H,45,56)(H,46,55)(H,48,49)(H,50,51)/t20-,22?,23+,24-,25-,29-/m0/s1. The first-order chi connectivity index (χ1) is 25.9. The van der Waals surface area contributed by atoms with Gasteiger partial charge in [-0.25, -0.2) is 0 Å². The summed E-state index contributed by atoms with van der Waals surface area (Å²) in [5.74, 6) is -16.7. The van der Waals surface area contributed by atoms with Gasteiger partial charge in [0.05, 0.1) is 12.5 Å². The monoisotopic (exact) mass is 813 g/mol. The Morgan fingerprint density at radius 1 is 0.625 bits per heavy atom. The highest BCUT2D eigenvalue weighted by Gasteiger charge is 2.64. The molecule has 1 saturated carbocycles. The van der Waals surface area contributed by atoms with Crippen LogP contribution in [0.15, 0.2) is 0 Å². The van der Waals surface area contributed by atoms with E-state index in [1.807, 2.05) is 5.32 Å². The molecule has 0 radical (unpaired) electrons. The van der Waals surface area contributed by atoms with Crippen molar-refractivity contribution >= 4 is 47.3 Å². The number of rotatable bonds is 24. The molecule has 1 rings (SSSR count). The fourth-order valence-electron chi connectivity index (χ4n) is 6.19. The van der Waals surface area contributed by atoms with Gasteiger partial charge in [0, 0.05) is 12.8 Å². The number of carbonyl (C=O) groups excluding carboxylic acids is 6. The van der Waals surface area contributed by atoms with Crippen molar-refractivity contribution in [2.75, 3.05) is 0 Å². The van der Waals surface area contributed by atoms with Crippen molar-refractivity contribution < 1.29 is 70.5 Å². The van der Waals surface area contributed by atoms with Crippen LogP contribution in [-0.2, 0) is 38.4 Å². The minimum Gasteiger partial charge on any atom is -0.481 e. The number of carbonyl (C=O) groups is 8. The maximum Gasteiger partial charge on any atom is 0.461 e. The van der Waals surface area contributed by atoms with E-state index < -0.39 is 128 Å². The van der Waals surface area contributed by atoms with Crippen molar-refractivity contribution in [1.29, 1.82) is 0 Å². The van der Waals surface area contributed by atoms with Crippen LogP contribution in [0.4, 0.5) is 22.0 Å². The van der Waals surface area contributed by atoms with Gasteiger partial charge in [-0.05, 0) is 43.4 Å². The molecule has 0 heterocycles. The van der Waals surface area contributed by atoms with Crippen LogP contribution in [0.25, 0.3) is 0 Å². The molecule has 0 aromatic rings. The van der Waals surface area contributed by atoms with E-state index in [2.05, 4.69) is 21.3 Å². The van der Waals surface area contributed by atoms with Gasteiger partial charge in [0.2, 0.25) is 35.3 Å². The Labute approximate surface area is 322 Å². The van der Waals surface area contributed by atoms with E-state index in [1.165, 1.54) is 0 Å². The van der Waals surface area contributed by atoms with Crippen molar-refractivity contribution in [2.24, 2.45) is 17.8 Å². The fourth-order valence-corrected chi connectivity index (χ4v) is 6.19. The van der Waals surface area contributed by atoms with Gasteiger partial charge in [-0.2, -0.15) is 22.0 Å². The van der Waals surface area contributed by atoms with Gasteiger partial charge in [-0.1, -0.05) is 73.1 Å². The van der Waals surface area contributed by atoms with Gasteiger partial charge >= 0.3 is 24.0 Å². The average molecular weight is 814 g/mol. The van der Waals surface area contributed by atoms with Crippen LogP contribution >= 0.6 is 0 Å². The minimum absolute atomic E-state index is 0.00721. The first-order valence-electron chi connectivity index (χ1n) is 18.9. The lowest BCUT2D eigenvalue weighted by atomic mass is 9.84. The second-order valence-corrected chi connectivity index (χ2v) is 14.7. The summed E-state index contributed by atoms with van der Waals surface area (Å²) in [6, 6.07) is -7.94. The molecule has 0 aliphatic heterocycles. The molecule has 0 bridgehead atoms. The van der Waals surface area contributed by atoms with Crippen LogP contribution in [0.1, 0.15) is 118 Å². The molecule has 5 amide bonds. The lowest BCUT2D eigenvalue weighted by Crippen LogP contribution is -2.61. The molecular weight excluding hydrogens is 757 g/mol. The molecule has 1 aliphatic carbocycles. The first-order valence-corrected chi connectivity index (χ1v) is 18.9. The van der Waals surface area contributed by atoms with E-state index in [4.69, 9.17) is 10.2 Å². The highest BCUT2D eigenvalue weighted by Crippen LogP contribution is 2.37. The number of carboxylic acids is 2. The number of alkyl halides is 5. The molecule has 1 fully saturated rings. The van der Waals surface area contributed by atoms with E-state index in [1.54, 1.807) is 27.7 Å². The van der Waals surface area contributed by atoms with E-state index in [0.29, 0.717) is 12.8 Å². The Balaban J connectivity index is 3.38. The molecule has 320 valence electrons. The summed E-state index contributed by atoms with van der Waals surface area (Å²) in [5.41, 5.74) is 0. The van der Waals surface area contributed by atoms with Gasteiger partial charge in [-0.15, -0.1) is 0 Å². The third kappa shape index (κ3) is 16.4. The number of halogens is 5. The summed E-state index contributed by atoms with van der Waals surface area (Å²) in [4.78, 5) is 101. The minimum atomic E-state index is -6.21. The largest absolute Gasteiger partial charge is 0.481 e. The number of Topliss-reactive ketones (excluding diaryl/α,β-unsaturated/α-hetero) is 1. The molecule has 20 heteroatoms. The highest BCUT2D eigenvalue weighted by molar-refractivity contribution is 5.98. The van der Waals surface area contributed by atoms with E-state index in [-0.39, 0.29) is 31.1 Å². The van der Waals surface area contributed by atoms with Crippen molar-refractivity contribution in [3.05, 3.63) is 0 Å². The zero-order chi connectivity index (χ0) is 43.0.